The van der Waals surface area contributed by atoms with Gasteiger partial charge >= 0.3 is 11.9 Å². The van der Waals surface area contributed by atoms with Gasteiger partial charge in [0.05, 0.1) is 42.0 Å². The van der Waals surface area contributed by atoms with Crippen molar-refractivity contribution in [3.8, 4) is 0 Å². The number of esters is 2. The Balaban J connectivity index is 1.82. The number of aryl methyl sites for hydroxylation is 1. The van der Waals surface area contributed by atoms with Gasteiger partial charge in [0.15, 0.2) is 6.10 Å². The fraction of sp³-hybridized carbons (Fsp3) is 0.409. The highest BCUT2D eigenvalue weighted by atomic mass is 32.2. The summed E-state index contributed by atoms with van der Waals surface area (Å²) in [7, 11) is -2.77. The molecule has 1 aromatic heterocycles. The number of ether oxygens (including phenoxy) is 3. The normalized spacial score (nSPS) is 15.6. The number of nitrogens with one attached hydrogen (secondary N) is 1. The standard InChI is InChI=1S/C22H25FN2O8S/c1-12-18(22(28)31-4)13(2)24-19(12)20(26)14(3)33-21(27)16-11-15(5-6-17(16)23)34(29,30)25-7-9-32-10-8-25/h5-6,11,14,24H,7-10H2,1-4H3. The number of nitrogens with zero attached hydrogens (tertiary/aromatic N) is 1. The maximum atomic E-state index is 14.4. The summed E-state index contributed by atoms with van der Waals surface area (Å²) >= 11 is 0. The molecule has 2 aromatic rings. The predicted molar refractivity (Wildman–Crippen MR) is 117 cm³/mol. The smallest absolute Gasteiger partial charge is 0.341 e. The van der Waals surface area contributed by atoms with E-state index in [2.05, 4.69) is 4.98 Å². The summed E-state index contributed by atoms with van der Waals surface area (Å²) in [5.41, 5.74) is 0.336. The van der Waals surface area contributed by atoms with Crippen molar-refractivity contribution in [2.45, 2.75) is 31.8 Å². The lowest BCUT2D eigenvalue weighted by Gasteiger charge is -2.26. The fourth-order valence-electron chi connectivity index (χ4n) is 3.64. The Morgan fingerprint density at radius 2 is 1.79 bits per heavy atom. The van der Waals surface area contributed by atoms with Gasteiger partial charge in [-0.25, -0.2) is 22.4 Å². The number of carbonyl (C=O) groups is 3. The van der Waals surface area contributed by atoms with Gasteiger partial charge in [-0.3, -0.25) is 4.79 Å². The number of Topliss-reactive ketones (excluding diaryl/α,β-unsaturated/α-hetero) is 1. The van der Waals surface area contributed by atoms with Crippen LogP contribution in [-0.2, 0) is 24.2 Å². The van der Waals surface area contributed by atoms with Gasteiger partial charge in [-0.05, 0) is 44.5 Å². The summed E-state index contributed by atoms with van der Waals surface area (Å²) in [6.07, 6.45) is -1.35. The van der Waals surface area contributed by atoms with Crippen molar-refractivity contribution in [3.05, 3.63) is 52.1 Å². The van der Waals surface area contributed by atoms with E-state index in [4.69, 9.17) is 14.2 Å². The Morgan fingerprint density at radius 1 is 1.15 bits per heavy atom. The topological polar surface area (TPSA) is 132 Å². The zero-order chi connectivity index (χ0) is 25.2. The SMILES string of the molecule is COC(=O)c1c(C)[nH]c(C(=O)C(C)OC(=O)c2cc(S(=O)(=O)N3CCOCC3)ccc2F)c1C. The highest BCUT2D eigenvalue weighted by Gasteiger charge is 2.31. The number of hydrogen-bond donors (Lipinski definition) is 1. The minimum Gasteiger partial charge on any atom is -0.465 e. The molecule has 0 aliphatic carbocycles. The lowest BCUT2D eigenvalue weighted by molar-refractivity contribution is 0.0312. The van der Waals surface area contributed by atoms with E-state index in [1.165, 1.54) is 25.3 Å². The summed E-state index contributed by atoms with van der Waals surface area (Å²) in [5, 5.41) is 0. The monoisotopic (exact) mass is 496 g/mol. The van der Waals surface area contributed by atoms with Crippen LogP contribution in [0, 0.1) is 19.7 Å². The first kappa shape index (κ1) is 25.5. The average molecular weight is 497 g/mol. The minimum atomic E-state index is -3.98. The number of methoxy groups -OCH3 is 1. The van der Waals surface area contributed by atoms with Crippen LogP contribution in [0.1, 0.15) is 49.4 Å². The number of rotatable bonds is 7. The molecular formula is C22H25FN2O8S. The Kier molecular flexibility index (Phi) is 7.54. The van der Waals surface area contributed by atoms with Crippen LogP contribution < -0.4 is 0 Å². The van der Waals surface area contributed by atoms with E-state index in [0.717, 1.165) is 18.2 Å². The summed E-state index contributed by atoms with van der Waals surface area (Å²) < 4.78 is 56.3. The third kappa shape index (κ3) is 4.88. The molecule has 1 unspecified atom stereocenters. The predicted octanol–water partition coefficient (Wildman–Crippen LogP) is 2.01. The Morgan fingerprint density at radius 3 is 2.41 bits per heavy atom. The molecule has 1 atom stereocenters. The van der Waals surface area contributed by atoms with Crippen molar-refractivity contribution in [1.82, 2.24) is 9.29 Å². The van der Waals surface area contributed by atoms with Crippen LogP contribution in [0.4, 0.5) is 4.39 Å². The van der Waals surface area contributed by atoms with Gasteiger partial charge in [-0.1, -0.05) is 0 Å². The van der Waals surface area contributed by atoms with Crippen LogP contribution in [0.15, 0.2) is 23.1 Å². The molecule has 12 heteroatoms. The first-order valence-corrected chi connectivity index (χ1v) is 11.8. The van der Waals surface area contributed by atoms with E-state index in [1.807, 2.05) is 0 Å². The highest BCUT2D eigenvalue weighted by molar-refractivity contribution is 7.89. The number of aromatic amines is 1. The lowest BCUT2D eigenvalue weighted by atomic mass is 10.1. The second kappa shape index (κ2) is 10.0. The first-order chi connectivity index (χ1) is 16.0. The molecule has 0 bridgehead atoms. The van der Waals surface area contributed by atoms with Crippen molar-refractivity contribution in [2.75, 3.05) is 33.4 Å². The second-order valence-electron chi connectivity index (χ2n) is 7.69. The van der Waals surface area contributed by atoms with Gasteiger partial charge in [0.25, 0.3) is 0 Å². The zero-order valence-corrected chi connectivity index (χ0v) is 20.0. The van der Waals surface area contributed by atoms with Crippen LogP contribution in [0.3, 0.4) is 0 Å². The molecule has 2 heterocycles. The molecule has 1 aliphatic heterocycles. The molecule has 10 nitrogen and oxygen atoms in total. The fourth-order valence-corrected chi connectivity index (χ4v) is 5.08. The molecule has 1 saturated heterocycles. The number of hydrogen-bond acceptors (Lipinski definition) is 8. The van der Waals surface area contributed by atoms with Crippen molar-refractivity contribution < 1.29 is 41.4 Å². The van der Waals surface area contributed by atoms with E-state index in [0.29, 0.717) is 11.3 Å². The minimum absolute atomic E-state index is 0.0438. The molecular weight excluding hydrogens is 471 g/mol. The van der Waals surface area contributed by atoms with Crippen LogP contribution >= 0.6 is 0 Å². The van der Waals surface area contributed by atoms with Gasteiger partial charge in [0.2, 0.25) is 15.8 Å². The summed E-state index contributed by atoms with van der Waals surface area (Å²) in [6, 6.07) is 2.81. The molecule has 184 valence electrons. The molecule has 1 aromatic carbocycles. The Bertz CT molecular complexity index is 1230. The number of benzene rings is 1. The molecule has 0 saturated carbocycles. The van der Waals surface area contributed by atoms with E-state index >= 15 is 0 Å². The largest absolute Gasteiger partial charge is 0.465 e. The molecule has 0 radical (unpaired) electrons. The highest BCUT2D eigenvalue weighted by Crippen LogP contribution is 2.23. The second-order valence-corrected chi connectivity index (χ2v) is 9.62. The zero-order valence-electron chi connectivity index (χ0n) is 19.1. The average Bonchev–Trinajstić information content (AvgIpc) is 3.12. The first-order valence-electron chi connectivity index (χ1n) is 10.4. The number of aromatic nitrogens is 1. The number of halogens is 1. The van der Waals surface area contributed by atoms with Crippen LogP contribution in [0.5, 0.6) is 0 Å². The third-order valence-electron chi connectivity index (χ3n) is 5.49. The molecule has 1 fully saturated rings. The van der Waals surface area contributed by atoms with Gasteiger partial charge in [0.1, 0.15) is 5.82 Å². The molecule has 1 aliphatic rings. The number of ketones is 1. The Labute approximate surface area is 196 Å². The number of sulfonamides is 1. The summed E-state index contributed by atoms with van der Waals surface area (Å²) in [5.74, 6) is -3.48. The van der Waals surface area contributed by atoms with Gasteiger partial charge in [0, 0.05) is 18.8 Å². The lowest BCUT2D eigenvalue weighted by Crippen LogP contribution is -2.40. The Hall–Kier alpha value is -3.09. The maximum absolute atomic E-state index is 14.4. The summed E-state index contributed by atoms with van der Waals surface area (Å²) in [4.78, 5) is 40.0. The quantitative estimate of drug-likeness (QED) is 0.455. The van der Waals surface area contributed by atoms with E-state index in [1.54, 1.807) is 6.92 Å². The van der Waals surface area contributed by atoms with Crippen molar-refractivity contribution in [2.24, 2.45) is 0 Å². The van der Waals surface area contributed by atoms with E-state index in [-0.39, 0.29) is 42.5 Å². The van der Waals surface area contributed by atoms with Crippen molar-refractivity contribution >= 4 is 27.7 Å². The van der Waals surface area contributed by atoms with Crippen LogP contribution in [-0.4, -0.2) is 74.9 Å². The number of carbonyl (C=O) groups excluding carboxylic acids is 3. The van der Waals surface area contributed by atoms with E-state index in [9.17, 15) is 27.2 Å². The molecule has 3 rings (SSSR count). The van der Waals surface area contributed by atoms with E-state index < -0.39 is 45.2 Å². The summed E-state index contributed by atoms with van der Waals surface area (Å²) in [6.45, 7) is 5.13. The molecule has 1 N–H and O–H groups in total. The molecule has 0 amide bonds. The van der Waals surface area contributed by atoms with Gasteiger partial charge in [-0.2, -0.15) is 4.31 Å². The van der Waals surface area contributed by atoms with Crippen LogP contribution in [0.25, 0.3) is 0 Å². The van der Waals surface area contributed by atoms with Crippen LogP contribution in [0.2, 0.25) is 0 Å². The molecule has 0 spiro atoms. The van der Waals surface area contributed by atoms with Crippen molar-refractivity contribution in [1.29, 1.82) is 0 Å². The third-order valence-corrected chi connectivity index (χ3v) is 7.39. The molecule has 34 heavy (non-hydrogen) atoms. The van der Waals surface area contributed by atoms with Crippen molar-refractivity contribution in [3.63, 3.8) is 0 Å². The van der Waals surface area contributed by atoms with Gasteiger partial charge in [-0.15, -0.1) is 0 Å². The van der Waals surface area contributed by atoms with Gasteiger partial charge < -0.3 is 19.2 Å². The number of H-pyrrole nitrogens is 1. The number of morpholine rings is 1. The maximum Gasteiger partial charge on any atom is 0.341 e.